The number of fused-ring (bicyclic) bond motifs is 1. The molecule has 0 atom stereocenters. The molecule has 130 valence electrons. The van der Waals surface area contributed by atoms with E-state index in [1.54, 1.807) is 17.0 Å². The van der Waals surface area contributed by atoms with Crippen LogP contribution >= 0.6 is 23.2 Å². The molecule has 0 radical (unpaired) electrons. The number of nitrogens with zero attached hydrogens (tertiary/aromatic N) is 2. The maximum atomic E-state index is 12.1. The predicted octanol–water partition coefficient (Wildman–Crippen LogP) is 4.98. The maximum Gasteiger partial charge on any atom is 0.410 e. The molecule has 1 saturated heterocycles. The normalized spacial score (nSPS) is 16.6. The molecule has 1 aliphatic rings. The molecule has 0 aliphatic carbocycles. The molecule has 7 heteroatoms. The summed E-state index contributed by atoms with van der Waals surface area (Å²) in [6.07, 6.45) is 1.45. The van der Waals surface area contributed by atoms with E-state index >= 15 is 0 Å². The van der Waals surface area contributed by atoms with Gasteiger partial charge in [0.2, 0.25) is 0 Å². The number of imidazole rings is 1. The highest BCUT2D eigenvalue weighted by atomic mass is 35.5. The Morgan fingerprint density at radius 3 is 2.50 bits per heavy atom. The molecule has 1 aromatic carbocycles. The van der Waals surface area contributed by atoms with Crippen molar-refractivity contribution in [1.82, 2.24) is 14.9 Å². The second-order valence-corrected chi connectivity index (χ2v) is 7.96. The van der Waals surface area contributed by atoms with Crippen molar-refractivity contribution in [3.05, 3.63) is 28.0 Å². The second kappa shape index (κ2) is 6.45. The van der Waals surface area contributed by atoms with Gasteiger partial charge in [-0.05, 0) is 45.7 Å². The number of aromatic amines is 1. The van der Waals surface area contributed by atoms with Crippen molar-refractivity contribution in [2.45, 2.75) is 45.1 Å². The van der Waals surface area contributed by atoms with Gasteiger partial charge >= 0.3 is 6.09 Å². The lowest BCUT2D eigenvalue weighted by atomic mass is 9.96. The first-order valence-corrected chi connectivity index (χ1v) is 8.81. The molecule has 3 rings (SSSR count). The molecule has 2 heterocycles. The van der Waals surface area contributed by atoms with Gasteiger partial charge in [-0.15, -0.1) is 0 Å². The number of H-pyrrole nitrogens is 1. The standard InChI is InChI=1S/C17H21Cl2N3O2/c1-17(2,3)24-16(23)22-6-4-10(5-7-22)15-20-13-8-11(18)12(19)9-14(13)21-15/h8-10H,4-7H2,1-3H3,(H,20,21). The number of carbonyl (C=O) groups is 1. The molecule has 0 unspecified atom stereocenters. The number of amides is 1. The molecule has 1 amide bonds. The number of rotatable bonds is 1. The number of aromatic nitrogens is 2. The molecular weight excluding hydrogens is 349 g/mol. The molecule has 0 bridgehead atoms. The highest BCUT2D eigenvalue weighted by Crippen LogP contribution is 2.31. The van der Waals surface area contributed by atoms with Crippen molar-refractivity contribution in [3.63, 3.8) is 0 Å². The van der Waals surface area contributed by atoms with E-state index in [1.807, 2.05) is 20.8 Å². The van der Waals surface area contributed by atoms with Gasteiger partial charge in [0.05, 0.1) is 21.1 Å². The Hall–Kier alpha value is -1.46. The minimum absolute atomic E-state index is 0.246. The highest BCUT2D eigenvalue weighted by molar-refractivity contribution is 6.42. The van der Waals surface area contributed by atoms with Gasteiger partial charge in [-0.2, -0.15) is 0 Å². The zero-order valence-corrected chi connectivity index (χ0v) is 15.5. The van der Waals surface area contributed by atoms with E-state index in [-0.39, 0.29) is 12.0 Å². The van der Waals surface area contributed by atoms with Gasteiger partial charge in [0.25, 0.3) is 0 Å². The van der Waals surface area contributed by atoms with E-state index in [1.165, 1.54) is 0 Å². The summed E-state index contributed by atoms with van der Waals surface area (Å²) in [4.78, 5) is 21.8. The molecule has 0 saturated carbocycles. The summed E-state index contributed by atoms with van der Waals surface area (Å²) in [5, 5.41) is 1.01. The summed E-state index contributed by atoms with van der Waals surface area (Å²) >= 11 is 12.1. The second-order valence-electron chi connectivity index (χ2n) is 7.15. The minimum Gasteiger partial charge on any atom is -0.444 e. The van der Waals surface area contributed by atoms with Gasteiger partial charge in [-0.3, -0.25) is 0 Å². The lowest BCUT2D eigenvalue weighted by molar-refractivity contribution is 0.0203. The van der Waals surface area contributed by atoms with Crippen LogP contribution in [-0.4, -0.2) is 39.7 Å². The molecule has 1 aliphatic heterocycles. The van der Waals surface area contributed by atoms with Gasteiger partial charge in [0.15, 0.2) is 0 Å². The van der Waals surface area contributed by atoms with Crippen molar-refractivity contribution < 1.29 is 9.53 Å². The summed E-state index contributed by atoms with van der Waals surface area (Å²) in [7, 11) is 0. The summed E-state index contributed by atoms with van der Waals surface area (Å²) in [5.74, 6) is 1.21. The SMILES string of the molecule is CC(C)(C)OC(=O)N1CCC(c2nc3cc(Cl)c(Cl)cc3[nH]2)CC1. The Morgan fingerprint density at radius 1 is 1.25 bits per heavy atom. The number of hydrogen-bond acceptors (Lipinski definition) is 3. The monoisotopic (exact) mass is 369 g/mol. The number of halogens is 2. The first-order valence-electron chi connectivity index (χ1n) is 8.05. The van der Waals surface area contributed by atoms with Crippen LogP contribution in [0.4, 0.5) is 4.79 Å². The lowest BCUT2D eigenvalue weighted by Gasteiger charge is -2.32. The Bertz CT molecular complexity index is 720. The quantitative estimate of drug-likeness (QED) is 0.770. The number of ether oxygens (including phenoxy) is 1. The largest absolute Gasteiger partial charge is 0.444 e. The van der Waals surface area contributed by atoms with E-state index < -0.39 is 5.60 Å². The number of piperidine rings is 1. The molecular formula is C17H21Cl2N3O2. The lowest BCUT2D eigenvalue weighted by Crippen LogP contribution is -2.41. The maximum absolute atomic E-state index is 12.1. The van der Waals surface area contributed by atoms with Crippen LogP contribution in [-0.2, 0) is 4.74 Å². The molecule has 2 aromatic rings. The number of hydrogen-bond donors (Lipinski definition) is 1. The highest BCUT2D eigenvalue weighted by Gasteiger charge is 2.28. The Labute approximate surface area is 151 Å². The zero-order chi connectivity index (χ0) is 17.5. The molecule has 1 aromatic heterocycles. The van der Waals surface area contributed by atoms with Crippen LogP contribution in [0.1, 0.15) is 45.4 Å². The van der Waals surface area contributed by atoms with E-state index in [0.717, 1.165) is 29.7 Å². The van der Waals surface area contributed by atoms with E-state index in [9.17, 15) is 4.79 Å². The molecule has 0 spiro atoms. The number of nitrogens with one attached hydrogen (secondary N) is 1. The van der Waals surface area contributed by atoms with Gasteiger partial charge in [0.1, 0.15) is 11.4 Å². The van der Waals surface area contributed by atoms with Gasteiger partial charge in [-0.1, -0.05) is 23.2 Å². The van der Waals surface area contributed by atoms with Crippen LogP contribution in [0.2, 0.25) is 10.0 Å². The molecule has 1 fully saturated rings. The van der Waals surface area contributed by atoms with Crippen LogP contribution in [0, 0.1) is 0 Å². The summed E-state index contributed by atoms with van der Waals surface area (Å²) in [6, 6.07) is 3.57. The van der Waals surface area contributed by atoms with Gasteiger partial charge in [0, 0.05) is 19.0 Å². The van der Waals surface area contributed by atoms with Crippen molar-refractivity contribution in [2.24, 2.45) is 0 Å². The van der Waals surface area contributed by atoms with Crippen molar-refractivity contribution in [1.29, 1.82) is 0 Å². The summed E-state index contributed by atoms with van der Waals surface area (Å²) in [5.41, 5.74) is 1.23. The fourth-order valence-corrected chi connectivity index (χ4v) is 3.20. The summed E-state index contributed by atoms with van der Waals surface area (Å²) < 4.78 is 5.43. The zero-order valence-electron chi connectivity index (χ0n) is 14.0. The van der Waals surface area contributed by atoms with Crippen LogP contribution < -0.4 is 0 Å². The van der Waals surface area contributed by atoms with Gasteiger partial charge in [-0.25, -0.2) is 9.78 Å². The minimum atomic E-state index is -0.467. The number of carbonyl (C=O) groups excluding carboxylic acids is 1. The number of likely N-dealkylation sites (tertiary alicyclic amines) is 1. The first-order chi connectivity index (χ1) is 11.2. The average Bonchev–Trinajstić information content (AvgIpc) is 2.89. The summed E-state index contributed by atoms with van der Waals surface area (Å²) in [6.45, 7) is 6.96. The fraction of sp³-hybridized carbons (Fsp3) is 0.529. The van der Waals surface area contributed by atoms with Gasteiger partial charge < -0.3 is 14.6 Å². The van der Waals surface area contributed by atoms with E-state index in [0.29, 0.717) is 23.1 Å². The van der Waals surface area contributed by atoms with E-state index in [4.69, 9.17) is 27.9 Å². The number of benzene rings is 1. The average molecular weight is 370 g/mol. The Balaban J connectivity index is 1.67. The first kappa shape index (κ1) is 17.4. The molecule has 5 nitrogen and oxygen atoms in total. The van der Waals surface area contributed by atoms with Crippen LogP contribution in [0.15, 0.2) is 12.1 Å². The third-order valence-corrected chi connectivity index (χ3v) is 4.80. The Morgan fingerprint density at radius 2 is 1.88 bits per heavy atom. The fourth-order valence-electron chi connectivity index (χ4n) is 2.88. The molecule has 1 N–H and O–H groups in total. The third-order valence-electron chi connectivity index (χ3n) is 4.08. The van der Waals surface area contributed by atoms with Crippen LogP contribution in [0.5, 0.6) is 0 Å². The predicted molar refractivity (Wildman–Crippen MR) is 95.9 cm³/mol. The smallest absolute Gasteiger partial charge is 0.410 e. The van der Waals surface area contributed by atoms with Crippen molar-refractivity contribution in [2.75, 3.05) is 13.1 Å². The van der Waals surface area contributed by atoms with Crippen molar-refractivity contribution in [3.8, 4) is 0 Å². The van der Waals surface area contributed by atoms with Crippen LogP contribution in [0.3, 0.4) is 0 Å². The Kier molecular flexibility index (Phi) is 4.67. The van der Waals surface area contributed by atoms with Crippen LogP contribution in [0.25, 0.3) is 11.0 Å². The van der Waals surface area contributed by atoms with Crippen molar-refractivity contribution >= 4 is 40.3 Å². The van der Waals surface area contributed by atoms with E-state index in [2.05, 4.69) is 9.97 Å². The molecule has 24 heavy (non-hydrogen) atoms. The topological polar surface area (TPSA) is 58.2 Å². The third kappa shape index (κ3) is 3.78.